The second kappa shape index (κ2) is 4.85. The lowest BCUT2D eigenvalue weighted by Gasteiger charge is -2.14. The van der Waals surface area contributed by atoms with E-state index in [4.69, 9.17) is 10.2 Å². The van der Waals surface area contributed by atoms with E-state index in [0.29, 0.717) is 5.56 Å². The van der Waals surface area contributed by atoms with E-state index >= 15 is 0 Å². The highest BCUT2D eigenvalue weighted by atomic mass is 19.4. The molecule has 2 aromatic rings. The summed E-state index contributed by atoms with van der Waals surface area (Å²) >= 11 is 0. The van der Waals surface area contributed by atoms with Gasteiger partial charge in [0.2, 0.25) is 0 Å². The Labute approximate surface area is 106 Å². The molecule has 0 saturated heterocycles. The van der Waals surface area contributed by atoms with Crippen LogP contribution in [-0.2, 0) is 0 Å². The predicted molar refractivity (Wildman–Crippen MR) is 60.1 cm³/mol. The second-order valence-corrected chi connectivity index (χ2v) is 3.83. The Morgan fingerprint density at radius 1 is 1.00 bits per heavy atom. The number of aromatic hydroxyl groups is 1. The molecule has 100 valence electrons. The van der Waals surface area contributed by atoms with Gasteiger partial charge in [-0.1, -0.05) is 0 Å². The predicted octanol–water partition coefficient (Wildman–Crippen LogP) is 2.44. The van der Waals surface area contributed by atoms with E-state index in [1.54, 1.807) is 0 Å². The van der Waals surface area contributed by atoms with Gasteiger partial charge in [-0.05, 0) is 24.3 Å². The molecule has 4 nitrogen and oxygen atoms in total. The highest BCUT2D eigenvalue weighted by molar-refractivity contribution is 5.55. The van der Waals surface area contributed by atoms with Crippen molar-refractivity contribution >= 4 is 0 Å². The number of aliphatic hydroxyl groups excluding tert-OH is 1. The molecule has 1 aromatic heterocycles. The summed E-state index contributed by atoms with van der Waals surface area (Å²) in [5.41, 5.74) is 0.126. The summed E-state index contributed by atoms with van der Waals surface area (Å²) in [5, 5.41) is 18.1. The maximum atomic E-state index is 12.3. The molecule has 0 spiro atoms. The van der Waals surface area contributed by atoms with Crippen LogP contribution in [0.25, 0.3) is 11.4 Å². The zero-order valence-corrected chi connectivity index (χ0v) is 9.46. The molecule has 7 heteroatoms. The van der Waals surface area contributed by atoms with Crippen molar-refractivity contribution in [1.82, 2.24) is 9.97 Å². The first-order valence-electron chi connectivity index (χ1n) is 5.24. The zero-order valence-electron chi connectivity index (χ0n) is 9.46. The van der Waals surface area contributed by atoms with Gasteiger partial charge >= 0.3 is 6.18 Å². The number of rotatable bonds is 2. The Kier molecular flexibility index (Phi) is 3.39. The molecule has 1 unspecified atom stereocenters. The molecule has 1 aromatic carbocycles. The average Bonchev–Trinajstić information content (AvgIpc) is 2.38. The summed E-state index contributed by atoms with van der Waals surface area (Å²) in [6.07, 6.45) is -5.49. The van der Waals surface area contributed by atoms with E-state index in [9.17, 15) is 13.2 Å². The summed E-state index contributed by atoms with van der Waals surface area (Å²) in [6, 6.07) is 5.89. The molecule has 1 heterocycles. The van der Waals surface area contributed by atoms with Gasteiger partial charge in [-0.3, -0.25) is 0 Å². The number of alkyl halides is 3. The molecule has 2 N–H and O–H groups in total. The van der Waals surface area contributed by atoms with Crippen molar-refractivity contribution in [1.29, 1.82) is 0 Å². The summed E-state index contributed by atoms with van der Waals surface area (Å²) in [6.45, 7) is 0. The van der Waals surface area contributed by atoms with Gasteiger partial charge in [0, 0.05) is 23.5 Å². The first-order chi connectivity index (χ1) is 8.88. The number of nitrogens with zero attached hydrogens (tertiary/aromatic N) is 2. The molecule has 0 radical (unpaired) electrons. The van der Waals surface area contributed by atoms with E-state index in [2.05, 4.69) is 9.97 Å². The van der Waals surface area contributed by atoms with Gasteiger partial charge in [-0.25, -0.2) is 9.97 Å². The van der Waals surface area contributed by atoms with Crippen LogP contribution in [0.4, 0.5) is 13.2 Å². The number of halogens is 3. The fourth-order valence-corrected chi connectivity index (χ4v) is 1.43. The Morgan fingerprint density at radius 2 is 1.53 bits per heavy atom. The van der Waals surface area contributed by atoms with Crippen molar-refractivity contribution in [2.24, 2.45) is 0 Å². The summed E-state index contributed by atoms with van der Waals surface area (Å²) in [5.74, 6) is 0.269. The molecule has 0 fully saturated rings. The zero-order chi connectivity index (χ0) is 14.0. The van der Waals surface area contributed by atoms with Crippen molar-refractivity contribution in [3.05, 3.63) is 42.2 Å². The summed E-state index contributed by atoms with van der Waals surface area (Å²) in [7, 11) is 0. The van der Waals surface area contributed by atoms with E-state index in [1.807, 2.05) is 0 Å². The van der Waals surface area contributed by atoms with Gasteiger partial charge in [-0.15, -0.1) is 0 Å². The monoisotopic (exact) mass is 270 g/mol. The van der Waals surface area contributed by atoms with Crippen molar-refractivity contribution in [2.75, 3.05) is 0 Å². The summed E-state index contributed by atoms with van der Waals surface area (Å²) in [4.78, 5) is 7.52. The highest BCUT2D eigenvalue weighted by Gasteiger charge is 2.39. The molecule has 0 bridgehead atoms. The van der Waals surface area contributed by atoms with Crippen LogP contribution >= 0.6 is 0 Å². The molecular formula is C12H9F3N2O2. The van der Waals surface area contributed by atoms with Crippen molar-refractivity contribution in [2.45, 2.75) is 12.3 Å². The quantitative estimate of drug-likeness (QED) is 0.879. The van der Waals surface area contributed by atoms with Crippen LogP contribution in [0.3, 0.4) is 0 Å². The molecule has 19 heavy (non-hydrogen) atoms. The van der Waals surface area contributed by atoms with Crippen LogP contribution in [0.2, 0.25) is 0 Å². The van der Waals surface area contributed by atoms with Gasteiger partial charge < -0.3 is 10.2 Å². The minimum absolute atomic E-state index is 0.0628. The van der Waals surface area contributed by atoms with E-state index in [-0.39, 0.29) is 11.6 Å². The number of hydrogen-bond acceptors (Lipinski definition) is 4. The smallest absolute Gasteiger partial charge is 0.418 e. The Balaban J connectivity index is 2.26. The lowest BCUT2D eigenvalue weighted by atomic mass is 10.1. The Hall–Kier alpha value is -2.15. The molecule has 2 rings (SSSR count). The van der Waals surface area contributed by atoms with Crippen LogP contribution in [0, 0.1) is 0 Å². The minimum Gasteiger partial charge on any atom is -0.508 e. The molecule has 0 saturated carbocycles. The number of phenols is 1. The van der Waals surface area contributed by atoms with Crippen LogP contribution in [0.5, 0.6) is 5.75 Å². The van der Waals surface area contributed by atoms with Gasteiger partial charge in [0.1, 0.15) is 5.75 Å². The molecule has 1 atom stereocenters. The van der Waals surface area contributed by atoms with E-state index in [0.717, 1.165) is 12.4 Å². The van der Waals surface area contributed by atoms with Crippen molar-refractivity contribution < 1.29 is 23.4 Å². The lowest BCUT2D eigenvalue weighted by Crippen LogP contribution is -2.20. The SMILES string of the molecule is Oc1ccc(-c2ncc(C(O)C(F)(F)F)cn2)cc1. The topological polar surface area (TPSA) is 66.2 Å². The average molecular weight is 270 g/mol. The summed E-state index contributed by atoms with van der Waals surface area (Å²) < 4.78 is 36.8. The Bertz CT molecular complexity index is 553. The van der Waals surface area contributed by atoms with Crippen LogP contribution in [-0.4, -0.2) is 26.4 Å². The normalized spacial score (nSPS) is 13.3. The fourth-order valence-electron chi connectivity index (χ4n) is 1.43. The van der Waals surface area contributed by atoms with Crippen LogP contribution in [0.1, 0.15) is 11.7 Å². The maximum absolute atomic E-state index is 12.3. The maximum Gasteiger partial charge on any atom is 0.418 e. The third-order valence-corrected chi connectivity index (χ3v) is 2.42. The molecule has 0 aliphatic heterocycles. The van der Waals surface area contributed by atoms with Crippen LogP contribution in [0.15, 0.2) is 36.7 Å². The number of hydrogen-bond donors (Lipinski definition) is 2. The standard InChI is InChI=1S/C12H9F3N2O2/c13-12(14,15)10(19)8-5-16-11(17-6-8)7-1-3-9(18)4-2-7/h1-6,10,18-19H. The van der Waals surface area contributed by atoms with Gasteiger partial charge in [-0.2, -0.15) is 13.2 Å². The first kappa shape index (κ1) is 13.3. The Morgan fingerprint density at radius 3 is 2.00 bits per heavy atom. The molecule has 0 amide bonds. The van der Waals surface area contributed by atoms with Gasteiger partial charge in [0.15, 0.2) is 11.9 Å². The largest absolute Gasteiger partial charge is 0.508 e. The third-order valence-electron chi connectivity index (χ3n) is 2.42. The number of benzene rings is 1. The van der Waals surface area contributed by atoms with Crippen molar-refractivity contribution in [3.63, 3.8) is 0 Å². The highest BCUT2D eigenvalue weighted by Crippen LogP contribution is 2.32. The third kappa shape index (κ3) is 3.00. The van der Waals surface area contributed by atoms with Crippen LogP contribution < -0.4 is 0 Å². The number of aromatic nitrogens is 2. The second-order valence-electron chi connectivity index (χ2n) is 3.83. The lowest BCUT2D eigenvalue weighted by molar-refractivity contribution is -0.206. The molecule has 0 aliphatic rings. The molecular weight excluding hydrogens is 261 g/mol. The van der Waals surface area contributed by atoms with Gasteiger partial charge in [0.25, 0.3) is 0 Å². The number of aliphatic hydroxyl groups is 1. The van der Waals surface area contributed by atoms with Crippen molar-refractivity contribution in [3.8, 4) is 17.1 Å². The van der Waals surface area contributed by atoms with Gasteiger partial charge in [0.05, 0.1) is 0 Å². The van der Waals surface area contributed by atoms with E-state index < -0.39 is 17.8 Å². The minimum atomic E-state index is -4.75. The van der Waals surface area contributed by atoms with E-state index in [1.165, 1.54) is 24.3 Å². The molecule has 0 aliphatic carbocycles. The first-order valence-corrected chi connectivity index (χ1v) is 5.24. The number of phenolic OH excluding ortho intramolecular Hbond substituents is 1. The fraction of sp³-hybridized carbons (Fsp3) is 0.167.